The van der Waals surface area contributed by atoms with Gasteiger partial charge in [-0.25, -0.2) is 0 Å². The van der Waals surface area contributed by atoms with Crippen molar-refractivity contribution in [1.29, 1.82) is 0 Å². The van der Waals surface area contributed by atoms with E-state index in [1.165, 1.54) is 5.56 Å². The largest absolute Gasteiger partial charge is 0.492 e. The van der Waals surface area contributed by atoms with Crippen molar-refractivity contribution in [3.8, 4) is 5.75 Å². The summed E-state index contributed by atoms with van der Waals surface area (Å²) in [6.07, 6.45) is 0. The highest BCUT2D eigenvalue weighted by atomic mass is 79.9. The summed E-state index contributed by atoms with van der Waals surface area (Å²) >= 11 is 7.13. The first-order chi connectivity index (χ1) is 10.2. The Morgan fingerprint density at radius 3 is 2.52 bits per heavy atom. The van der Waals surface area contributed by atoms with Crippen molar-refractivity contribution in [3.63, 3.8) is 0 Å². The number of benzene rings is 1. The number of nitrogens with one attached hydrogen (secondary N) is 1. The fourth-order valence-electron chi connectivity index (χ4n) is 2.29. The van der Waals surface area contributed by atoms with Crippen molar-refractivity contribution in [2.45, 2.75) is 13.5 Å². The third-order valence-electron chi connectivity index (χ3n) is 3.38. The summed E-state index contributed by atoms with van der Waals surface area (Å²) in [5, 5.41) is 3.49. The van der Waals surface area contributed by atoms with E-state index in [4.69, 9.17) is 9.47 Å². The van der Waals surface area contributed by atoms with Gasteiger partial charge in [0.15, 0.2) is 0 Å². The molecule has 4 nitrogen and oxygen atoms in total. The van der Waals surface area contributed by atoms with Gasteiger partial charge in [0.25, 0.3) is 0 Å². The zero-order valence-electron chi connectivity index (χ0n) is 12.3. The molecule has 2 rings (SSSR count). The summed E-state index contributed by atoms with van der Waals surface area (Å²) in [5.41, 5.74) is 1.24. The maximum Gasteiger partial charge on any atom is 0.147 e. The molecule has 1 heterocycles. The van der Waals surface area contributed by atoms with E-state index in [1.54, 1.807) is 0 Å². The number of nitrogens with zero attached hydrogens (tertiary/aromatic N) is 1. The number of ether oxygens (including phenoxy) is 2. The van der Waals surface area contributed by atoms with Gasteiger partial charge in [-0.1, -0.05) is 0 Å². The quantitative estimate of drug-likeness (QED) is 0.686. The second-order valence-electron chi connectivity index (χ2n) is 4.95. The van der Waals surface area contributed by atoms with Crippen LogP contribution < -0.4 is 10.1 Å². The molecule has 0 unspecified atom stereocenters. The Morgan fingerprint density at radius 1 is 1.24 bits per heavy atom. The van der Waals surface area contributed by atoms with Crippen LogP contribution in [0.3, 0.4) is 0 Å². The van der Waals surface area contributed by atoms with Crippen LogP contribution in [0, 0.1) is 0 Å². The lowest BCUT2D eigenvalue weighted by atomic mass is 10.2. The maximum absolute atomic E-state index is 5.59. The van der Waals surface area contributed by atoms with Crippen LogP contribution in [0.1, 0.15) is 12.5 Å². The minimum absolute atomic E-state index is 0.661. The van der Waals surface area contributed by atoms with Crippen molar-refractivity contribution in [3.05, 3.63) is 26.6 Å². The smallest absolute Gasteiger partial charge is 0.147 e. The zero-order chi connectivity index (χ0) is 15.1. The molecule has 1 aromatic carbocycles. The van der Waals surface area contributed by atoms with Gasteiger partial charge in [-0.05, 0) is 56.5 Å². The lowest BCUT2D eigenvalue weighted by molar-refractivity contribution is 0.0384. The predicted molar refractivity (Wildman–Crippen MR) is 92.0 cm³/mol. The van der Waals surface area contributed by atoms with E-state index in [0.717, 1.165) is 60.6 Å². The molecule has 0 radical (unpaired) electrons. The first-order valence-corrected chi connectivity index (χ1v) is 8.91. The average molecular weight is 422 g/mol. The van der Waals surface area contributed by atoms with Crippen LogP contribution in [-0.4, -0.2) is 50.9 Å². The van der Waals surface area contributed by atoms with Crippen molar-refractivity contribution in [2.24, 2.45) is 0 Å². The Bertz CT molecular complexity index is 428. The lowest BCUT2D eigenvalue weighted by Gasteiger charge is -2.26. The normalized spacial score (nSPS) is 16.1. The van der Waals surface area contributed by atoms with Crippen LogP contribution in [0.4, 0.5) is 0 Å². The Hall–Kier alpha value is -0.140. The number of morpholine rings is 1. The molecule has 1 aliphatic heterocycles. The topological polar surface area (TPSA) is 33.7 Å². The van der Waals surface area contributed by atoms with Crippen LogP contribution in [-0.2, 0) is 11.3 Å². The number of hydrogen-bond donors (Lipinski definition) is 1. The van der Waals surface area contributed by atoms with Crippen LogP contribution in [0.5, 0.6) is 5.75 Å². The Balaban J connectivity index is 1.77. The molecule has 1 saturated heterocycles. The summed E-state index contributed by atoms with van der Waals surface area (Å²) in [5.74, 6) is 0.870. The Labute approximate surface area is 143 Å². The van der Waals surface area contributed by atoms with E-state index in [-0.39, 0.29) is 0 Å². The molecule has 0 atom stereocenters. The van der Waals surface area contributed by atoms with Gasteiger partial charge in [0.1, 0.15) is 5.75 Å². The van der Waals surface area contributed by atoms with E-state index < -0.39 is 0 Å². The Morgan fingerprint density at radius 2 is 1.90 bits per heavy atom. The summed E-state index contributed by atoms with van der Waals surface area (Å²) in [6, 6.07) is 4.22. The van der Waals surface area contributed by atoms with Crippen molar-refractivity contribution in [2.75, 3.05) is 46.0 Å². The highest BCUT2D eigenvalue weighted by molar-refractivity contribution is 9.11. The van der Waals surface area contributed by atoms with E-state index in [9.17, 15) is 0 Å². The lowest BCUT2D eigenvalue weighted by Crippen LogP contribution is -2.40. The van der Waals surface area contributed by atoms with Gasteiger partial charge in [0.05, 0.1) is 28.8 Å². The number of rotatable bonds is 7. The first-order valence-electron chi connectivity index (χ1n) is 7.32. The van der Waals surface area contributed by atoms with Gasteiger partial charge in [-0.2, -0.15) is 0 Å². The fraction of sp³-hybridized carbons (Fsp3) is 0.600. The second-order valence-corrected chi connectivity index (χ2v) is 6.66. The summed E-state index contributed by atoms with van der Waals surface area (Å²) in [7, 11) is 0. The molecule has 1 aliphatic rings. The third kappa shape index (κ3) is 5.53. The minimum atomic E-state index is 0.661. The monoisotopic (exact) mass is 420 g/mol. The molecule has 0 amide bonds. The standard InChI is InChI=1S/C15H22Br2N2O2/c1-2-21-15-13(16)9-12(10-14(15)17)11-18-3-4-19-5-7-20-8-6-19/h9-10,18H,2-8,11H2,1H3. The summed E-state index contributed by atoms with van der Waals surface area (Å²) in [6.45, 7) is 9.37. The van der Waals surface area contributed by atoms with Crippen LogP contribution in [0.25, 0.3) is 0 Å². The summed E-state index contributed by atoms with van der Waals surface area (Å²) < 4.78 is 12.9. The highest BCUT2D eigenvalue weighted by Gasteiger charge is 2.10. The minimum Gasteiger partial charge on any atom is -0.492 e. The molecule has 0 aromatic heterocycles. The second kappa shape index (κ2) is 9.10. The number of hydrogen-bond acceptors (Lipinski definition) is 4. The van der Waals surface area contributed by atoms with E-state index >= 15 is 0 Å². The molecule has 0 bridgehead atoms. The molecule has 118 valence electrons. The van der Waals surface area contributed by atoms with E-state index in [1.807, 2.05) is 6.92 Å². The van der Waals surface area contributed by atoms with Gasteiger partial charge in [-0.3, -0.25) is 4.90 Å². The van der Waals surface area contributed by atoms with Gasteiger partial charge in [0, 0.05) is 32.7 Å². The molecule has 21 heavy (non-hydrogen) atoms. The van der Waals surface area contributed by atoms with E-state index in [0.29, 0.717) is 6.61 Å². The van der Waals surface area contributed by atoms with Crippen LogP contribution in [0.15, 0.2) is 21.1 Å². The fourth-order valence-corrected chi connectivity index (χ4v) is 3.80. The van der Waals surface area contributed by atoms with Crippen molar-refractivity contribution < 1.29 is 9.47 Å². The molecular formula is C15H22Br2N2O2. The van der Waals surface area contributed by atoms with Crippen LogP contribution in [0.2, 0.25) is 0 Å². The third-order valence-corrected chi connectivity index (χ3v) is 4.56. The van der Waals surface area contributed by atoms with Crippen molar-refractivity contribution in [1.82, 2.24) is 10.2 Å². The number of halogens is 2. The zero-order valence-corrected chi connectivity index (χ0v) is 15.5. The Kier molecular flexibility index (Phi) is 7.46. The average Bonchev–Trinajstić information content (AvgIpc) is 2.48. The molecule has 6 heteroatoms. The molecule has 1 aromatic rings. The molecule has 1 N–H and O–H groups in total. The van der Waals surface area contributed by atoms with Crippen LogP contribution >= 0.6 is 31.9 Å². The van der Waals surface area contributed by atoms with Crippen molar-refractivity contribution >= 4 is 31.9 Å². The van der Waals surface area contributed by atoms with Gasteiger partial charge in [0.2, 0.25) is 0 Å². The first kappa shape index (κ1) is 17.2. The van der Waals surface area contributed by atoms with Gasteiger partial charge < -0.3 is 14.8 Å². The molecule has 1 fully saturated rings. The molecular weight excluding hydrogens is 400 g/mol. The molecule has 0 aliphatic carbocycles. The van der Waals surface area contributed by atoms with Gasteiger partial charge >= 0.3 is 0 Å². The predicted octanol–water partition coefficient (Wildman–Crippen LogP) is 3.03. The SMILES string of the molecule is CCOc1c(Br)cc(CNCCN2CCOCC2)cc1Br. The molecule has 0 saturated carbocycles. The van der Waals surface area contributed by atoms with Gasteiger partial charge in [-0.15, -0.1) is 0 Å². The maximum atomic E-state index is 5.59. The highest BCUT2D eigenvalue weighted by Crippen LogP contribution is 2.34. The van der Waals surface area contributed by atoms with E-state index in [2.05, 4.69) is 54.2 Å². The molecule has 0 spiro atoms. The summed E-state index contributed by atoms with van der Waals surface area (Å²) in [4.78, 5) is 2.43.